The lowest BCUT2D eigenvalue weighted by Crippen LogP contribution is -2.18. The van der Waals surface area contributed by atoms with Gasteiger partial charge in [0.05, 0.1) is 11.5 Å². The lowest BCUT2D eigenvalue weighted by molar-refractivity contribution is 0.0362. The minimum Gasteiger partial charge on any atom is -0.457 e. The van der Waals surface area contributed by atoms with E-state index < -0.39 is 21.9 Å². The van der Waals surface area contributed by atoms with Gasteiger partial charge in [0.15, 0.2) is 9.84 Å². The van der Waals surface area contributed by atoms with Gasteiger partial charge in [0, 0.05) is 4.88 Å². The molecule has 1 aliphatic heterocycles. The molecule has 0 aliphatic carbocycles. The van der Waals surface area contributed by atoms with Crippen LogP contribution in [0.25, 0.3) is 0 Å². The molecular weight excluding hydrogens is 284 g/mol. The fraction of sp³-hybridized carbons (Fsp3) is 0.615. The number of carbonyl (C=O) groups is 1. The summed E-state index contributed by atoms with van der Waals surface area (Å²) in [7, 11) is -3.02. The molecule has 1 saturated heterocycles. The van der Waals surface area contributed by atoms with Gasteiger partial charge in [0.25, 0.3) is 0 Å². The fourth-order valence-corrected chi connectivity index (χ4v) is 4.45. The molecule has 2 heterocycles. The van der Waals surface area contributed by atoms with E-state index in [-0.39, 0.29) is 16.9 Å². The van der Waals surface area contributed by atoms with E-state index in [0.29, 0.717) is 11.3 Å². The summed E-state index contributed by atoms with van der Waals surface area (Å²) in [4.78, 5) is 13.6. The highest BCUT2D eigenvalue weighted by Gasteiger charge is 2.31. The summed E-state index contributed by atoms with van der Waals surface area (Å²) in [6, 6.07) is 3.67. The van der Waals surface area contributed by atoms with Gasteiger partial charge in [0.2, 0.25) is 0 Å². The van der Waals surface area contributed by atoms with Gasteiger partial charge < -0.3 is 4.74 Å². The zero-order valence-electron chi connectivity index (χ0n) is 11.3. The highest BCUT2D eigenvalue weighted by atomic mass is 32.2. The molecule has 0 spiro atoms. The summed E-state index contributed by atoms with van der Waals surface area (Å²) < 4.78 is 27.9. The molecule has 6 heteroatoms. The van der Waals surface area contributed by atoms with Gasteiger partial charge in [0.1, 0.15) is 11.0 Å². The third-order valence-electron chi connectivity index (χ3n) is 3.01. The highest BCUT2D eigenvalue weighted by Crippen LogP contribution is 2.30. The van der Waals surface area contributed by atoms with Gasteiger partial charge in [-0.15, -0.1) is 11.3 Å². The third kappa shape index (κ3) is 3.57. The maximum atomic E-state index is 11.9. The molecule has 0 N–H and O–H groups in total. The molecule has 0 bridgehead atoms. The molecule has 106 valence electrons. The van der Waals surface area contributed by atoms with E-state index in [2.05, 4.69) is 20.8 Å². The van der Waals surface area contributed by atoms with Crippen LogP contribution >= 0.6 is 11.3 Å². The molecule has 1 atom stereocenters. The Labute approximate surface area is 117 Å². The Hall–Kier alpha value is -0.880. The van der Waals surface area contributed by atoms with Crippen molar-refractivity contribution in [2.45, 2.75) is 38.7 Å². The summed E-state index contributed by atoms with van der Waals surface area (Å²) in [6.07, 6.45) is -0.0799. The Morgan fingerprint density at radius 3 is 2.53 bits per heavy atom. The highest BCUT2D eigenvalue weighted by molar-refractivity contribution is 7.91. The molecule has 1 aromatic rings. The zero-order chi connectivity index (χ0) is 14.3. The standard InChI is InChI=1S/C13H18O4S2/c1-13(2,3)11-5-4-10(18-11)12(14)17-9-6-7-19(15,16)8-9/h4-5,9H,6-8H2,1-3H3. The first kappa shape index (κ1) is 14.5. The van der Waals surface area contributed by atoms with Crippen LogP contribution in [0.3, 0.4) is 0 Å². The first-order valence-electron chi connectivity index (χ1n) is 6.19. The second kappa shape index (κ2) is 4.90. The number of thiophene rings is 1. The number of ether oxygens (including phenoxy) is 1. The minimum absolute atomic E-state index is 0.000105. The van der Waals surface area contributed by atoms with Crippen molar-refractivity contribution in [3.8, 4) is 0 Å². The quantitative estimate of drug-likeness (QED) is 0.787. The number of sulfone groups is 1. The van der Waals surface area contributed by atoms with Crippen molar-refractivity contribution in [1.29, 1.82) is 0 Å². The molecule has 4 nitrogen and oxygen atoms in total. The summed E-state index contributed by atoms with van der Waals surface area (Å²) in [5, 5.41) is 0. The number of hydrogen-bond acceptors (Lipinski definition) is 5. The van der Waals surface area contributed by atoms with Gasteiger partial charge >= 0.3 is 5.97 Å². The zero-order valence-corrected chi connectivity index (χ0v) is 12.9. The Balaban J connectivity index is 2.03. The largest absolute Gasteiger partial charge is 0.457 e. The number of esters is 1. The van der Waals surface area contributed by atoms with Crippen LogP contribution in [-0.4, -0.2) is 32.0 Å². The normalized spacial score (nSPS) is 22.4. The number of rotatable bonds is 2. The van der Waals surface area contributed by atoms with Gasteiger partial charge in [-0.2, -0.15) is 0 Å². The molecule has 1 unspecified atom stereocenters. The van der Waals surface area contributed by atoms with Crippen molar-refractivity contribution >= 4 is 27.1 Å². The van der Waals surface area contributed by atoms with Crippen LogP contribution < -0.4 is 0 Å². The van der Waals surface area contributed by atoms with E-state index >= 15 is 0 Å². The average molecular weight is 302 g/mol. The third-order valence-corrected chi connectivity index (χ3v) is 6.24. The van der Waals surface area contributed by atoms with Gasteiger partial charge in [-0.1, -0.05) is 20.8 Å². The van der Waals surface area contributed by atoms with E-state index in [0.717, 1.165) is 4.88 Å². The van der Waals surface area contributed by atoms with Crippen LogP contribution in [0.5, 0.6) is 0 Å². The van der Waals surface area contributed by atoms with Crippen molar-refractivity contribution in [2.24, 2.45) is 0 Å². The predicted molar refractivity (Wildman–Crippen MR) is 75.5 cm³/mol. The van der Waals surface area contributed by atoms with Crippen molar-refractivity contribution < 1.29 is 17.9 Å². The first-order chi connectivity index (χ1) is 8.67. The van der Waals surface area contributed by atoms with Crippen LogP contribution in [0, 0.1) is 0 Å². The SMILES string of the molecule is CC(C)(C)c1ccc(C(=O)OC2CCS(=O)(=O)C2)s1. The molecule has 0 radical (unpaired) electrons. The molecule has 1 aromatic heterocycles. The minimum atomic E-state index is -3.02. The van der Waals surface area contributed by atoms with Crippen molar-refractivity contribution in [3.05, 3.63) is 21.9 Å². The van der Waals surface area contributed by atoms with Gasteiger partial charge in [-0.05, 0) is 24.0 Å². The predicted octanol–water partition coefficient (Wildman–Crippen LogP) is 2.39. The van der Waals surface area contributed by atoms with E-state index in [1.807, 2.05) is 6.07 Å². The molecule has 19 heavy (non-hydrogen) atoms. The van der Waals surface area contributed by atoms with Crippen LogP contribution in [0.4, 0.5) is 0 Å². The maximum absolute atomic E-state index is 11.9. The second-order valence-corrected chi connectivity index (χ2v) is 9.16. The van der Waals surface area contributed by atoms with Crippen LogP contribution in [0.2, 0.25) is 0 Å². The van der Waals surface area contributed by atoms with E-state index in [1.54, 1.807) is 6.07 Å². The van der Waals surface area contributed by atoms with Crippen LogP contribution in [0.1, 0.15) is 41.7 Å². The van der Waals surface area contributed by atoms with E-state index in [9.17, 15) is 13.2 Å². The molecule has 0 amide bonds. The van der Waals surface area contributed by atoms with Crippen LogP contribution in [0.15, 0.2) is 12.1 Å². The number of carbonyl (C=O) groups excluding carboxylic acids is 1. The average Bonchev–Trinajstić information content (AvgIpc) is 2.84. The molecule has 0 aromatic carbocycles. The second-order valence-electron chi connectivity index (χ2n) is 5.84. The number of hydrogen-bond donors (Lipinski definition) is 0. The Morgan fingerprint density at radius 1 is 1.37 bits per heavy atom. The molecule has 1 fully saturated rings. The Kier molecular flexibility index (Phi) is 3.75. The molecular formula is C13H18O4S2. The maximum Gasteiger partial charge on any atom is 0.348 e. The lowest BCUT2D eigenvalue weighted by atomic mass is 9.95. The summed E-state index contributed by atoms with van der Waals surface area (Å²) in [5.74, 6) is -0.346. The first-order valence-corrected chi connectivity index (χ1v) is 8.83. The monoisotopic (exact) mass is 302 g/mol. The Morgan fingerprint density at radius 2 is 2.05 bits per heavy atom. The van der Waals surface area contributed by atoms with Crippen molar-refractivity contribution in [3.63, 3.8) is 0 Å². The smallest absolute Gasteiger partial charge is 0.348 e. The fourth-order valence-electron chi connectivity index (χ4n) is 1.91. The molecule has 2 rings (SSSR count). The van der Waals surface area contributed by atoms with Gasteiger partial charge in [-0.25, -0.2) is 13.2 Å². The van der Waals surface area contributed by atoms with Crippen molar-refractivity contribution in [2.75, 3.05) is 11.5 Å². The Bertz CT molecular complexity index is 578. The summed E-state index contributed by atoms with van der Waals surface area (Å²) in [6.45, 7) is 6.24. The summed E-state index contributed by atoms with van der Waals surface area (Å²) >= 11 is 1.41. The van der Waals surface area contributed by atoms with E-state index in [1.165, 1.54) is 11.3 Å². The topological polar surface area (TPSA) is 60.4 Å². The van der Waals surface area contributed by atoms with Crippen molar-refractivity contribution in [1.82, 2.24) is 0 Å². The summed E-state index contributed by atoms with van der Waals surface area (Å²) in [5.41, 5.74) is -0.000105. The van der Waals surface area contributed by atoms with E-state index in [4.69, 9.17) is 4.74 Å². The van der Waals surface area contributed by atoms with Crippen LogP contribution in [-0.2, 0) is 20.0 Å². The lowest BCUT2D eigenvalue weighted by Gasteiger charge is -2.15. The molecule has 0 saturated carbocycles. The molecule has 1 aliphatic rings. The van der Waals surface area contributed by atoms with Gasteiger partial charge in [-0.3, -0.25) is 0 Å².